The summed E-state index contributed by atoms with van der Waals surface area (Å²) < 4.78 is 5.47. The lowest BCUT2D eigenvalue weighted by Crippen LogP contribution is -2.38. The van der Waals surface area contributed by atoms with Crippen LogP contribution in [-0.2, 0) is 0 Å². The normalized spacial score (nSPS) is 11.6. The van der Waals surface area contributed by atoms with Gasteiger partial charge >= 0.3 is 0 Å². The van der Waals surface area contributed by atoms with Crippen molar-refractivity contribution in [2.75, 3.05) is 0 Å². The Morgan fingerprint density at radius 1 is 1.21 bits per heavy atom. The minimum absolute atomic E-state index is 0.0790. The number of rotatable bonds is 3. The first kappa shape index (κ1) is 13.5. The van der Waals surface area contributed by atoms with E-state index in [-0.39, 0.29) is 5.69 Å². The average molecular weight is 276 g/mol. The Labute approximate surface area is 112 Å². The van der Waals surface area contributed by atoms with E-state index in [4.69, 9.17) is 4.52 Å². The first-order valence-corrected chi connectivity index (χ1v) is 9.52. The molecule has 1 heterocycles. The maximum atomic E-state index is 10.6. The van der Waals surface area contributed by atoms with E-state index >= 15 is 0 Å². The van der Waals surface area contributed by atoms with E-state index in [0.29, 0.717) is 0 Å². The molecule has 19 heavy (non-hydrogen) atoms. The van der Waals surface area contributed by atoms with E-state index < -0.39 is 13.0 Å². The van der Waals surface area contributed by atoms with Crippen molar-refractivity contribution in [3.63, 3.8) is 0 Å². The maximum absolute atomic E-state index is 10.6. The van der Waals surface area contributed by atoms with Gasteiger partial charge in [-0.25, -0.2) is 0 Å². The van der Waals surface area contributed by atoms with Crippen LogP contribution >= 0.6 is 0 Å². The van der Waals surface area contributed by atoms with Gasteiger partial charge in [-0.05, 0) is 19.1 Å². The quantitative estimate of drug-likeness (QED) is 0.490. The fourth-order valence-corrected chi connectivity index (χ4v) is 3.61. The summed E-state index contributed by atoms with van der Waals surface area (Å²) in [5, 5.41) is 15.7. The van der Waals surface area contributed by atoms with Gasteiger partial charge in [0, 0.05) is 23.3 Å². The zero-order valence-electron chi connectivity index (χ0n) is 11.4. The van der Waals surface area contributed by atoms with Crippen molar-refractivity contribution in [1.29, 1.82) is 0 Å². The number of nitro benzene ring substituents is 1. The molecule has 100 valence electrons. The average Bonchev–Trinajstić information content (AvgIpc) is 2.71. The molecule has 0 aliphatic rings. The Kier molecular flexibility index (Phi) is 3.28. The Bertz CT molecular complexity index is 612. The van der Waals surface area contributed by atoms with Crippen molar-refractivity contribution >= 4 is 19.1 Å². The van der Waals surface area contributed by atoms with Crippen LogP contribution in [0.3, 0.4) is 0 Å². The van der Waals surface area contributed by atoms with Crippen LogP contribution in [0, 0.1) is 17.0 Å². The second-order valence-corrected chi connectivity index (χ2v) is 10.5. The molecule has 0 aliphatic heterocycles. The fraction of sp³-hybridized carbons (Fsp3) is 0.308. The molecule has 2 rings (SSSR count). The van der Waals surface area contributed by atoms with E-state index in [9.17, 15) is 10.1 Å². The molecule has 1 aromatic heterocycles. The highest BCUT2D eigenvalue weighted by molar-refractivity contribution is 6.88. The number of nitrogens with zero attached hydrogens (tertiary/aromatic N) is 2. The summed E-state index contributed by atoms with van der Waals surface area (Å²) in [6.45, 7) is 8.57. The van der Waals surface area contributed by atoms with E-state index in [1.807, 2.05) is 6.92 Å². The Hall–Kier alpha value is -1.95. The number of hydrogen-bond donors (Lipinski definition) is 0. The number of hydrogen-bond acceptors (Lipinski definition) is 4. The molecule has 2 aromatic rings. The first-order valence-electron chi connectivity index (χ1n) is 6.02. The highest BCUT2D eigenvalue weighted by Crippen LogP contribution is 2.24. The van der Waals surface area contributed by atoms with Crippen molar-refractivity contribution in [1.82, 2.24) is 5.16 Å². The minimum Gasteiger partial charge on any atom is -0.366 e. The second kappa shape index (κ2) is 4.62. The molecular weight excluding hydrogens is 260 g/mol. The number of aromatic nitrogens is 1. The van der Waals surface area contributed by atoms with Crippen molar-refractivity contribution < 1.29 is 9.45 Å². The number of nitro groups is 1. The fourth-order valence-electron chi connectivity index (χ4n) is 2.05. The molecular formula is C13H16N2O3Si. The molecule has 0 atom stereocenters. The zero-order valence-corrected chi connectivity index (χ0v) is 12.4. The zero-order chi connectivity index (χ0) is 14.2. The van der Waals surface area contributed by atoms with Crippen LogP contribution in [0.25, 0.3) is 11.3 Å². The number of non-ortho nitro benzene ring substituents is 1. The van der Waals surface area contributed by atoms with E-state index in [2.05, 4.69) is 24.8 Å². The van der Waals surface area contributed by atoms with Gasteiger partial charge in [0.25, 0.3) is 5.69 Å². The van der Waals surface area contributed by atoms with Gasteiger partial charge < -0.3 is 4.52 Å². The molecule has 0 N–H and O–H groups in total. The standard InChI is InChI=1S/C13H16N2O3Si/c1-9-12(14-18-13(9)19(2,3)4)10-5-7-11(8-6-10)15(16)17/h5-8H,1-4H3. The Morgan fingerprint density at radius 3 is 2.21 bits per heavy atom. The summed E-state index contributed by atoms with van der Waals surface area (Å²) in [4.78, 5) is 10.2. The van der Waals surface area contributed by atoms with Crippen LogP contribution in [0.15, 0.2) is 28.8 Å². The predicted molar refractivity (Wildman–Crippen MR) is 76.3 cm³/mol. The summed E-state index contributed by atoms with van der Waals surface area (Å²) in [7, 11) is -1.56. The highest BCUT2D eigenvalue weighted by atomic mass is 28.3. The third kappa shape index (κ3) is 2.58. The van der Waals surface area contributed by atoms with Crippen LogP contribution in [0.4, 0.5) is 5.69 Å². The summed E-state index contributed by atoms with van der Waals surface area (Å²) in [5.41, 5.74) is 2.73. The molecule has 0 unspecified atom stereocenters. The van der Waals surface area contributed by atoms with Gasteiger partial charge in [-0.2, -0.15) is 0 Å². The smallest absolute Gasteiger partial charge is 0.269 e. The van der Waals surface area contributed by atoms with Gasteiger partial charge in [0.15, 0.2) is 0 Å². The van der Waals surface area contributed by atoms with Gasteiger partial charge in [-0.3, -0.25) is 10.1 Å². The van der Waals surface area contributed by atoms with E-state index in [1.165, 1.54) is 12.1 Å². The topological polar surface area (TPSA) is 69.2 Å². The Balaban J connectivity index is 2.43. The maximum Gasteiger partial charge on any atom is 0.269 e. The monoisotopic (exact) mass is 276 g/mol. The molecule has 0 spiro atoms. The largest absolute Gasteiger partial charge is 0.366 e. The van der Waals surface area contributed by atoms with Gasteiger partial charge in [-0.1, -0.05) is 24.8 Å². The molecule has 5 nitrogen and oxygen atoms in total. The summed E-state index contributed by atoms with van der Waals surface area (Å²) in [6.07, 6.45) is 0. The van der Waals surface area contributed by atoms with Gasteiger partial charge in [0.1, 0.15) is 19.2 Å². The molecule has 0 fully saturated rings. The lowest BCUT2D eigenvalue weighted by molar-refractivity contribution is -0.384. The lowest BCUT2D eigenvalue weighted by Gasteiger charge is -2.11. The van der Waals surface area contributed by atoms with E-state index in [0.717, 1.165) is 22.2 Å². The molecule has 0 saturated heterocycles. The molecule has 0 aliphatic carbocycles. The first-order chi connectivity index (χ1) is 8.80. The molecule has 0 bridgehead atoms. The second-order valence-electron chi connectivity index (χ2n) is 5.54. The molecule has 6 heteroatoms. The van der Waals surface area contributed by atoms with Gasteiger partial charge in [-0.15, -0.1) is 0 Å². The highest BCUT2D eigenvalue weighted by Gasteiger charge is 2.26. The SMILES string of the molecule is Cc1c(-c2ccc([N+](=O)[O-])cc2)noc1[Si](C)(C)C. The summed E-state index contributed by atoms with van der Waals surface area (Å²) in [5.74, 6) is 0. The predicted octanol–water partition coefficient (Wildman–Crippen LogP) is 3.10. The van der Waals surface area contributed by atoms with E-state index in [1.54, 1.807) is 12.1 Å². The minimum atomic E-state index is -1.56. The third-order valence-electron chi connectivity index (χ3n) is 2.96. The summed E-state index contributed by atoms with van der Waals surface area (Å²) in [6, 6.07) is 6.38. The van der Waals surface area contributed by atoms with Crippen LogP contribution in [-0.4, -0.2) is 18.2 Å². The number of benzene rings is 1. The van der Waals surface area contributed by atoms with Gasteiger partial charge in [0.05, 0.1) is 4.92 Å². The molecule has 1 aromatic carbocycles. The molecule has 0 amide bonds. The molecule has 0 radical (unpaired) electrons. The van der Waals surface area contributed by atoms with Crippen LogP contribution in [0.2, 0.25) is 19.6 Å². The summed E-state index contributed by atoms with van der Waals surface area (Å²) >= 11 is 0. The van der Waals surface area contributed by atoms with Crippen LogP contribution < -0.4 is 5.38 Å². The van der Waals surface area contributed by atoms with Crippen LogP contribution in [0.5, 0.6) is 0 Å². The lowest BCUT2D eigenvalue weighted by atomic mass is 10.1. The van der Waals surface area contributed by atoms with Crippen LogP contribution in [0.1, 0.15) is 5.56 Å². The van der Waals surface area contributed by atoms with Crippen molar-refractivity contribution in [2.45, 2.75) is 26.6 Å². The van der Waals surface area contributed by atoms with Crippen molar-refractivity contribution in [3.8, 4) is 11.3 Å². The molecule has 0 saturated carbocycles. The Morgan fingerprint density at radius 2 is 1.79 bits per heavy atom. The van der Waals surface area contributed by atoms with Crippen molar-refractivity contribution in [2.24, 2.45) is 0 Å². The van der Waals surface area contributed by atoms with Crippen molar-refractivity contribution in [3.05, 3.63) is 39.9 Å². The van der Waals surface area contributed by atoms with Gasteiger partial charge in [0.2, 0.25) is 0 Å². The third-order valence-corrected chi connectivity index (χ3v) is 4.79.